The quantitative estimate of drug-likeness (QED) is 0.734. The van der Waals surface area contributed by atoms with Crippen LogP contribution in [0.2, 0.25) is 0 Å². The van der Waals surface area contributed by atoms with Gasteiger partial charge in [0.2, 0.25) is 0 Å². The van der Waals surface area contributed by atoms with Crippen molar-refractivity contribution < 1.29 is 5.11 Å². The third-order valence-electron chi connectivity index (χ3n) is 2.76. The smallest absolute Gasteiger partial charge is 0.0459 e. The van der Waals surface area contributed by atoms with Crippen LogP contribution in [-0.4, -0.2) is 11.7 Å². The van der Waals surface area contributed by atoms with Crippen molar-refractivity contribution in [2.75, 3.05) is 6.61 Å². The lowest BCUT2D eigenvalue weighted by atomic mass is 9.98. The van der Waals surface area contributed by atoms with Crippen molar-refractivity contribution in [3.05, 3.63) is 35.9 Å². The van der Waals surface area contributed by atoms with Gasteiger partial charge >= 0.3 is 0 Å². The maximum atomic E-state index is 9.02. The first-order valence-corrected chi connectivity index (χ1v) is 5.51. The van der Waals surface area contributed by atoms with E-state index < -0.39 is 0 Å². The minimum Gasteiger partial charge on any atom is -0.396 e. The van der Waals surface area contributed by atoms with Crippen LogP contribution in [0.1, 0.15) is 31.7 Å². The van der Waals surface area contributed by atoms with Gasteiger partial charge in [-0.1, -0.05) is 43.7 Å². The Morgan fingerprint density at radius 2 is 1.93 bits per heavy atom. The average molecular weight is 192 g/mol. The lowest BCUT2D eigenvalue weighted by Crippen LogP contribution is -2.04. The van der Waals surface area contributed by atoms with E-state index in [2.05, 4.69) is 31.2 Å². The Morgan fingerprint density at radius 3 is 2.50 bits per heavy atom. The second kappa shape index (κ2) is 6.61. The van der Waals surface area contributed by atoms with Gasteiger partial charge in [-0.15, -0.1) is 0 Å². The van der Waals surface area contributed by atoms with E-state index in [1.807, 2.05) is 6.07 Å². The zero-order chi connectivity index (χ0) is 10.2. The van der Waals surface area contributed by atoms with Crippen LogP contribution < -0.4 is 0 Å². The molecule has 0 heterocycles. The molecule has 0 aliphatic rings. The summed E-state index contributed by atoms with van der Waals surface area (Å²) in [6, 6.07) is 10.5. The van der Waals surface area contributed by atoms with Crippen molar-refractivity contribution in [1.82, 2.24) is 0 Å². The zero-order valence-electron chi connectivity index (χ0n) is 8.95. The summed E-state index contributed by atoms with van der Waals surface area (Å²) in [6.45, 7) is 2.48. The first-order valence-electron chi connectivity index (χ1n) is 5.51. The van der Waals surface area contributed by atoms with Gasteiger partial charge in [0.25, 0.3) is 0 Å². The van der Waals surface area contributed by atoms with Crippen molar-refractivity contribution >= 4 is 0 Å². The van der Waals surface area contributed by atoms with Crippen LogP contribution in [0.15, 0.2) is 30.3 Å². The van der Waals surface area contributed by atoms with Gasteiger partial charge in [-0.25, -0.2) is 0 Å². The summed E-state index contributed by atoms with van der Waals surface area (Å²) < 4.78 is 0. The molecule has 0 aliphatic heterocycles. The molecule has 0 spiro atoms. The van der Waals surface area contributed by atoms with Crippen LogP contribution in [0, 0.1) is 5.92 Å². The van der Waals surface area contributed by atoms with Crippen molar-refractivity contribution in [3.8, 4) is 0 Å². The highest BCUT2D eigenvalue weighted by Crippen LogP contribution is 2.12. The highest BCUT2D eigenvalue weighted by molar-refractivity contribution is 5.14. The highest BCUT2D eigenvalue weighted by atomic mass is 16.3. The molecule has 1 aromatic carbocycles. The number of aliphatic hydroxyl groups excluding tert-OH is 1. The van der Waals surface area contributed by atoms with Gasteiger partial charge in [0.15, 0.2) is 0 Å². The number of aryl methyl sites for hydroxylation is 1. The Hall–Kier alpha value is -0.820. The molecule has 14 heavy (non-hydrogen) atoms. The summed E-state index contributed by atoms with van der Waals surface area (Å²) in [5.74, 6) is 0.499. The van der Waals surface area contributed by atoms with Crippen LogP contribution >= 0.6 is 0 Å². The van der Waals surface area contributed by atoms with Crippen LogP contribution in [0.3, 0.4) is 0 Å². The molecule has 0 bridgehead atoms. The van der Waals surface area contributed by atoms with Crippen molar-refractivity contribution in [2.24, 2.45) is 5.92 Å². The normalized spacial score (nSPS) is 12.7. The minimum atomic E-state index is 0.339. The highest BCUT2D eigenvalue weighted by Gasteiger charge is 2.03. The molecule has 0 fully saturated rings. The van der Waals surface area contributed by atoms with Crippen molar-refractivity contribution in [3.63, 3.8) is 0 Å². The predicted molar refractivity (Wildman–Crippen MR) is 60.2 cm³/mol. The molecule has 78 valence electrons. The van der Waals surface area contributed by atoms with Gasteiger partial charge < -0.3 is 5.11 Å². The van der Waals surface area contributed by atoms with E-state index in [0.29, 0.717) is 12.5 Å². The van der Waals surface area contributed by atoms with Crippen molar-refractivity contribution in [2.45, 2.75) is 32.6 Å². The lowest BCUT2D eigenvalue weighted by Gasteiger charge is -2.10. The Balaban J connectivity index is 2.21. The van der Waals surface area contributed by atoms with Gasteiger partial charge in [-0.05, 0) is 30.7 Å². The molecule has 0 saturated heterocycles. The fourth-order valence-electron chi connectivity index (χ4n) is 1.66. The van der Waals surface area contributed by atoms with Crippen LogP contribution in [-0.2, 0) is 6.42 Å². The zero-order valence-corrected chi connectivity index (χ0v) is 8.95. The van der Waals surface area contributed by atoms with Gasteiger partial charge in [-0.2, -0.15) is 0 Å². The van der Waals surface area contributed by atoms with E-state index in [-0.39, 0.29) is 0 Å². The van der Waals surface area contributed by atoms with Crippen LogP contribution in [0.4, 0.5) is 0 Å². The molecule has 1 nitrogen and oxygen atoms in total. The molecule has 0 saturated carbocycles. The fourth-order valence-corrected chi connectivity index (χ4v) is 1.66. The summed E-state index contributed by atoms with van der Waals surface area (Å²) in [5.41, 5.74) is 1.40. The van der Waals surface area contributed by atoms with Crippen LogP contribution in [0.5, 0.6) is 0 Å². The van der Waals surface area contributed by atoms with Gasteiger partial charge in [0.1, 0.15) is 0 Å². The number of hydrogen-bond acceptors (Lipinski definition) is 1. The molecule has 0 radical (unpaired) electrons. The van der Waals surface area contributed by atoms with E-state index in [4.69, 9.17) is 5.11 Å². The topological polar surface area (TPSA) is 20.2 Å². The Labute approximate surface area is 86.8 Å². The molecule has 1 N–H and O–H groups in total. The van der Waals surface area contributed by atoms with E-state index in [9.17, 15) is 0 Å². The fraction of sp³-hybridized carbons (Fsp3) is 0.538. The maximum absolute atomic E-state index is 9.02. The van der Waals surface area contributed by atoms with E-state index in [0.717, 1.165) is 19.3 Å². The summed E-state index contributed by atoms with van der Waals surface area (Å²) in [6.07, 6.45) is 4.55. The van der Waals surface area contributed by atoms with Gasteiger partial charge in [-0.3, -0.25) is 0 Å². The van der Waals surface area contributed by atoms with Crippen molar-refractivity contribution in [1.29, 1.82) is 0 Å². The molecule has 0 amide bonds. The van der Waals surface area contributed by atoms with Gasteiger partial charge in [0.05, 0.1) is 0 Å². The summed E-state index contributed by atoms with van der Waals surface area (Å²) in [7, 11) is 0. The van der Waals surface area contributed by atoms with E-state index in [1.54, 1.807) is 0 Å². The third kappa shape index (κ3) is 3.93. The molecule has 1 atom stereocenters. The standard InChI is InChI=1S/C13H20O/c1-2-12(11-14)9-6-10-13-7-4-3-5-8-13/h3-5,7-8,12,14H,2,6,9-11H2,1H3. The minimum absolute atomic E-state index is 0.339. The van der Waals surface area contributed by atoms with Crippen LogP contribution in [0.25, 0.3) is 0 Å². The average Bonchev–Trinajstić information content (AvgIpc) is 2.26. The summed E-state index contributed by atoms with van der Waals surface area (Å²) >= 11 is 0. The molecule has 0 aliphatic carbocycles. The van der Waals surface area contributed by atoms with E-state index >= 15 is 0 Å². The van der Waals surface area contributed by atoms with Gasteiger partial charge in [0, 0.05) is 6.61 Å². The Bertz CT molecular complexity index is 226. The third-order valence-corrected chi connectivity index (χ3v) is 2.76. The summed E-state index contributed by atoms with van der Waals surface area (Å²) in [4.78, 5) is 0. The number of rotatable bonds is 6. The first kappa shape index (κ1) is 11.3. The molecule has 1 rings (SSSR count). The number of aliphatic hydroxyl groups is 1. The second-order valence-electron chi connectivity index (χ2n) is 3.83. The van der Waals surface area contributed by atoms with E-state index in [1.165, 1.54) is 12.0 Å². The first-order chi connectivity index (χ1) is 6.86. The number of hydrogen-bond donors (Lipinski definition) is 1. The molecule has 1 unspecified atom stereocenters. The number of benzene rings is 1. The molecule has 1 heteroatoms. The largest absolute Gasteiger partial charge is 0.396 e. The maximum Gasteiger partial charge on any atom is 0.0459 e. The second-order valence-corrected chi connectivity index (χ2v) is 3.83. The lowest BCUT2D eigenvalue weighted by molar-refractivity contribution is 0.213. The molecule has 0 aromatic heterocycles. The molecular weight excluding hydrogens is 172 g/mol. The molecular formula is C13H20O. The SMILES string of the molecule is CCC(CO)CCCc1ccccc1. The summed E-state index contributed by atoms with van der Waals surface area (Å²) in [5, 5.41) is 9.02. The predicted octanol–water partition coefficient (Wildman–Crippen LogP) is 3.03. The molecule has 1 aromatic rings. The monoisotopic (exact) mass is 192 g/mol. The Morgan fingerprint density at radius 1 is 1.21 bits per heavy atom. The Kier molecular flexibility index (Phi) is 5.31.